The zero-order chi connectivity index (χ0) is 24.4. The molecule has 0 unspecified atom stereocenters. The second-order valence-electron chi connectivity index (χ2n) is 7.79. The van der Waals surface area contributed by atoms with Crippen LogP contribution in [0, 0.1) is 6.92 Å². The number of nitrogens with zero attached hydrogens (tertiary/aromatic N) is 2. The highest BCUT2D eigenvalue weighted by molar-refractivity contribution is 7.14. The van der Waals surface area contributed by atoms with Gasteiger partial charge < -0.3 is 9.15 Å². The third kappa shape index (κ3) is 4.96. The summed E-state index contributed by atoms with van der Waals surface area (Å²) in [6, 6.07) is 22.3. The number of hydrogen-bond acceptors (Lipinski definition) is 6. The number of thiazole rings is 1. The number of carbonyl (C=O) groups is 1. The van der Waals surface area contributed by atoms with Gasteiger partial charge in [-0.3, -0.25) is 10.1 Å². The van der Waals surface area contributed by atoms with Crippen LogP contribution in [-0.2, 0) is 0 Å². The fourth-order valence-corrected chi connectivity index (χ4v) is 4.36. The number of halogens is 1. The van der Waals surface area contributed by atoms with E-state index in [1.807, 2.05) is 60.8 Å². The molecule has 35 heavy (non-hydrogen) atoms. The number of amides is 1. The summed E-state index contributed by atoms with van der Waals surface area (Å²) >= 11 is 7.32. The summed E-state index contributed by atoms with van der Waals surface area (Å²) in [7, 11) is 1.57. The van der Waals surface area contributed by atoms with E-state index in [0.29, 0.717) is 27.2 Å². The van der Waals surface area contributed by atoms with Crippen LogP contribution < -0.4 is 15.6 Å². The normalized spacial score (nSPS) is 11.6. The Morgan fingerprint density at radius 3 is 2.60 bits per heavy atom. The molecule has 174 valence electrons. The predicted molar refractivity (Wildman–Crippen MR) is 140 cm³/mol. The molecule has 2 heterocycles. The lowest BCUT2D eigenvalue weighted by atomic mass is 10.1. The summed E-state index contributed by atoms with van der Waals surface area (Å²) < 4.78 is 11.6. The van der Waals surface area contributed by atoms with Crippen molar-refractivity contribution in [2.45, 2.75) is 6.92 Å². The number of ether oxygens (including phenoxy) is 1. The number of fused-ring (bicyclic) bond motifs is 1. The van der Waals surface area contributed by atoms with Gasteiger partial charge in [0.2, 0.25) is 5.55 Å². The maximum Gasteiger partial charge on any atom is 0.262 e. The van der Waals surface area contributed by atoms with Crippen LogP contribution in [0.2, 0.25) is 5.02 Å². The van der Waals surface area contributed by atoms with E-state index in [2.05, 4.69) is 15.3 Å². The number of hydrogen-bond donors (Lipinski definition) is 1. The molecule has 0 fully saturated rings. The standard InChI is InChI=1S/C27H20ClN3O3S/c1-16-6-12-20(13-7-16)29-26-21(14-18-4-3-5-23(33-2)24(18)34-26)25(32)31-27-30-22(15-35-27)17-8-10-19(28)11-9-17/h3-15H,1-2H3,(H,30,31,32). The molecule has 0 atom stereocenters. The van der Waals surface area contributed by atoms with Gasteiger partial charge in [0.25, 0.3) is 5.91 Å². The predicted octanol–water partition coefficient (Wildman–Crippen LogP) is 7.01. The van der Waals surface area contributed by atoms with Crippen LogP contribution in [-0.4, -0.2) is 18.0 Å². The number of benzene rings is 3. The van der Waals surface area contributed by atoms with Crippen LogP contribution >= 0.6 is 22.9 Å². The van der Waals surface area contributed by atoms with Crippen molar-refractivity contribution < 1.29 is 13.9 Å². The Morgan fingerprint density at radius 2 is 1.86 bits per heavy atom. The first-order valence-corrected chi connectivity index (χ1v) is 12.0. The molecule has 5 rings (SSSR count). The van der Waals surface area contributed by atoms with Crippen LogP contribution in [0.15, 0.2) is 87.6 Å². The molecule has 0 aliphatic rings. The molecule has 0 radical (unpaired) electrons. The van der Waals surface area contributed by atoms with Crippen LogP contribution in [0.4, 0.5) is 10.8 Å². The van der Waals surface area contributed by atoms with Gasteiger partial charge in [-0.2, -0.15) is 0 Å². The zero-order valence-electron chi connectivity index (χ0n) is 18.9. The lowest BCUT2D eigenvalue weighted by Crippen LogP contribution is -2.21. The Labute approximate surface area is 210 Å². The number of para-hydroxylation sites is 1. The molecule has 8 heteroatoms. The summed E-state index contributed by atoms with van der Waals surface area (Å²) in [6.07, 6.45) is 0. The van der Waals surface area contributed by atoms with Gasteiger partial charge in [0.15, 0.2) is 16.5 Å². The average molecular weight is 502 g/mol. The lowest BCUT2D eigenvalue weighted by molar-refractivity contribution is 0.102. The smallest absolute Gasteiger partial charge is 0.262 e. The quantitative estimate of drug-likeness (QED) is 0.281. The monoisotopic (exact) mass is 501 g/mol. The third-order valence-corrected chi connectivity index (χ3v) is 6.34. The molecule has 1 N–H and O–H groups in total. The molecule has 0 saturated carbocycles. The highest BCUT2D eigenvalue weighted by Crippen LogP contribution is 2.28. The first-order valence-electron chi connectivity index (χ1n) is 10.8. The highest BCUT2D eigenvalue weighted by atomic mass is 35.5. The first-order chi connectivity index (χ1) is 17.0. The summed E-state index contributed by atoms with van der Waals surface area (Å²) in [5.41, 5.74) is 4.42. The zero-order valence-corrected chi connectivity index (χ0v) is 20.5. The van der Waals surface area contributed by atoms with Gasteiger partial charge in [0.1, 0.15) is 5.56 Å². The highest BCUT2D eigenvalue weighted by Gasteiger charge is 2.17. The summed E-state index contributed by atoms with van der Waals surface area (Å²) in [4.78, 5) is 22.5. The average Bonchev–Trinajstić information content (AvgIpc) is 3.33. The molecule has 0 spiro atoms. The molecule has 0 aliphatic heterocycles. The van der Waals surface area contributed by atoms with Gasteiger partial charge in [-0.15, -0.1) is 11.3 Å². The first kappa shape index (κ1) is 22.8. The second kappa shape index (κ2) is 9.74. The fraction of sp³-hybridized carbons (Fsp3) is 0.0741. The van der Waals surface area contributed by atoms with E-state index >= 15 is 0 Å². The van der Waals surface area contributed by atoms with Crippen molar-refractivity contribution in [1.29, 1.82) is 0 Å². The maximum atomic E-state index is 13.4. The van der Waals surface area contributed by atoms with E-state index in [4.69, 9.17) is 20.8 Å². The summed E-state index contributed by atoms with van der Waals surface area (Å²) in [6.45, 7) is 2.00. The van der Waals surface area contributed by atoms with Gasteiger partial charge in [0, 0.05) is 21.4 Å². The van der Waals surface area contributed by atoms with Crippen molar-refractivity contribution in [3.8, 4) is 17.0 Å². The van der Waals surface area contributed by atoms with Crippen molar-refractivity contribution in [2.75, 3.05) is 12.4 Å². The van der Waals surface area contributed by atoms with E-state index < -0.39 is 0 Å². The Morgan fingerprint density at radius 1 is 1.09 bits per heavy atom. The van der Waals surface area contributed by atoms with E-state index in [-0.39, 0.29) is 17.0 Å². The van der Waals surface area contributed by atoms with E-state index in [0.717, 1.165) is 22.2 Å². The molecular weight excluding hydrogens is 482 g/mol. The minimum atomic E-state index is -0.374. The maximum absolute atomic E-state index is 13.4. The van der Waals surface area contributed by atoms with Crippen LogP contribution in [0.3, 0.4) is 0 Å². The van der Waals surface area contributed by atoms with Gasteiger partial charge in [-0.1, -0.05) is 53.6 Å². The molecule has 6 nitrogen and oxygen atoms in total. The number of aromatic nitrogens is 1. The third-order valence-electron chi connectivity index (χ3n) is 5.33. The molecule has 0 bridgehead atoms. The fourth-order valence-electron chi connectivity index (χ4n) is 3.52. The van der Waals surface area contributed by atoms with Crippen molar-refractivity contribution >= 4 is 50.6 Å². The number of methoxy groups -OCH3 is 1. The van der Waals surface area contributed by atoms with Gasteiger partial charge in [-0.05, 0) is 43.3 Å². The number of carbonyl (C=O) groups excluding carboxylic acids is 1. The molecule has 2 aromatic heterocycles. The lowest BCUT2D eigenvalue weighted by Gasteiger charge is -2.08. The van der Waals surface area contributed by atoms with Crippen LogP contribution in [0.25, 0.3) is 22.2 Å². The van der Waals surface area contributed by atoms with Gasteiger partial charge in [0.05, 0.1) is 18.5 Å². The Hall–Kier alpha value is -3.94. The second-order valence-corrected chi connectivity index (χ2v) is 9.08. The topological polar surface area (TPSA) is 76.7 Å². The Bertz CT molecular complexity index is 1590. The number of aryl methyl sites for hydroxylation is 1. The van der Waals surface area contributed by atoms with Crippen LogP contribution in [0.5, 0.6) is 5.75 Å². The minimum Gasteiger partial charge on any atom is -0.493 e. The Kier molecular flexibility index (Phi) is 6.35. The molecule has 0 saturated heterocycles. The number of anilines is 1. The van der Waals surface area contributed by atoms with Crippen molar-refractivity contribution in [2.24, 2.45) is 4.99 Å². The Balaban J connectivity index is 1.55. The van der Waals surface area contributed by atoms with Crippen molar-refractivity contribution in [1.82, 2.24) is 4.98 Å². The van der Waals surface area contributed by atoms with Gasteiger partial charge in [-0.25, -0.2) is 9.98 Å². The van der Waals surface area contributed by atoms with Crippen LogP contribution in [0.1, 0.15) is 15.9 Å². The number of rotatable bonds is 5. The van der Waals surface area contributed by atoms with E-state index in [1.54, 1.807) is 31.4 Å². The van der Waals surface area contributed by atoms with E-state index in [1.165, 1.54) is 11.3 Å². The molecule has 0 aliphatic carbocycles. The SMILES string of the molecule is COc1cccc2cc(C(=O)Nc3nc(-c4ccc(Cl)cc4)cs3)c(=Nc3ccc(C)cc3)oc12. The van der Waals surface area contributed by atoms with Gasteiger partial charge >= 0.3 is 0 Å². The van der Waals surface area contributed by atoms with Crippen molar-refractivity contribution in [3.63, 3.8) is 0 Å². The summed E-state index contributed by atoms with van der Waals surface area (Å²) in [5, 5.41) is 6.60. The minimum absolute atomic E-state index is 0.179. The largest absolute Gasteiger partial charge is 0.493 e. The van der Waals surface area contributed by atoms with E-state index in [9.17, 15) is 4.79 Å². The number of nitrogens with one attached hydrogen (secondary N) is 1. The molecule has 1 amide bonds. The van der Waals surface area contributed by atoms with Crippen molar-refractivity contribution in [3.05, 3.63) is 99.9 Å². The summed E-state index contributed by atoms with van der Waals surface area (Å²) in [5.74, 6) is 0.184. The molecule has 3 aromatic carbocycles. The molecular formula is C27H20ClN3O3S. The molecule has 5 aromatic rings.